The minimum Gasteiger partial charge on any atom is -0.333 e. The molecule has 2 nitrogen and oxygen atoms in total. The molecule has 0 aliphatic carbocycles. The van der Waals surface area contributed by atoms with Crippen LogP contribution >= 0.6 is 23.2 Å². The van der Waals surface area contributed by atoms with Crippen molar-refractivity contribution in [2.24, 2.45) is 0 Å². The fourth-order valence-corrected chi connectivity index (χ4v) is 1.07. The van der Waals surface area contributed by atoms with Gasteiger partial charge in [0.2, 0.25) is 0 Å². The first-order valence-electron chi connectivity index (χ1n) is 3.82. The summed E-state index contributed by atoms with van der Waals surface area (Å²) in [7, 11) is 0. The Kier molecular flexibility index (Phi) is 5.11. The minimum atomic E-state index is -1.38. The molecule has 0 unspecified atom stereocenters. The fraction of sp³-hybridized carbons (Fsp3) is 0.444. The van der Waals surface area contributed by atoms with Crippen LogP contribution in [0.5, 0.6) is 0 Å². The standard InChI is InChI=1S/C9H13Cl2NO/c1-4-6-12(7-5-2)8(13)9(3,10)11/h4-5H,1-2,6-7H2,3H3. The molecule has 0 bridgehead atoms. The van der Waals surface area contributed by atoms with Gasteiger partial charge in [0.1, 0.15) is 0 Å². The molecule has 0 saturated carbocycles. The Bertz CT molecular complexity index is 198. The normalized spacial score (nSPS) is 10.7. The van der Waals surface area contributed by atoms with Crippen molar-refractivity contribution in [3.63, 3.8) is 0 Å². The number of nitrogens with zero attached hydrogens (tertiary/aromatic N) is 1. The van der Waals surface area contributed by atoms with Gasteiger partial charge in [-0.15, -0.1) is 13.2 Å². The Labute approximate surface area is 88.8 Å². The second kappa shape index (κ2) is 5.30. The third kappa shape index (κ3) is 4.34. The van der Waals surface area contributed by atoms with E-state index in [0.29, 0.717) is 13.1 Å². The second-order valence-electron chi connectivity index (χ2n) is 2.68. The molecular formula is C9H13Cl2NO. The van der Waals surface area contributed by atoms with E-state index in [0.717, 1.165) is 0 Å². The van der Waals surface area contributed by atoms with Crippen LogP contribution in [0.4, 0.5) is 0 Å². The molecule has 0 aromatic heterocycles. The van der Waals surface area contributed by atoms with Crippen LogP contribution in [-0.2, 0) is 4.79 Å². The highest BCUT2D eigenvalue weighted by molar-refractivity contribution is 6.57. The molecule has 0 radical (unpaired) electrons. The van der Waals surface area contributed by atoms with Gasteiger partial charge in [0.05, 0.1) is 0 Å². The lowest BCUT2D eigenvalue weighted by molar-refractivity contribution is -0.130. The molecule has 13 heavy (non-hydrogen) atoms. The molecule has 4 heteroatoms. The highest BCUT2D eigenvalue weighted by atomic mass is 35.5. The zero-order valence-electron chi connectivity index (χ0n) is 7.59. The average Bonchev–Trinajstić information content (AvgIpc) is 2.01. The van der Waals surface area contributed by atoms with Gasteiger partial charge in [-0.1, -0.05) is 35.4 Å². The number of carbonyl (C=O) groups is 1. The lowest BCUT2D eigenvalue weighted by atomic mass is 10.3. The summed E-state index contributed by atoms with van der Waals surface area (Å²) in [6, 6.07) is 0. The molecule has 1 amide bonds. The minimum absolute atomic E-state index is 0.337. The van der Waals surface area contributed by atoms with Crippen molar-refractivity contribution < 1.29 is 4.79 Å². The summed E-state index contributed by atoms with van der Waals surface area (Å²) < 4.78 is -1.38. The van der Waals surface area contributed by atoms with Crippen molar-refractivity contribution in [1.82, 2.24) is 4.90 Å². The molecule has 0 N–H and O–H groups in total. The summed E-state index contributed by atoms with van der Waals surface area (Å²) in [5.41, 5.74) is 0. The van der Waals surface area contributed by atoms with Gasteiger partial charge in [-0.05, 0) is 6.92 Å². The lowest BCUT2D eigenvalue weighted by Gasteiger charge is -2.24. The first-order valence-corrected chi connectivity index (χ1v) is 4.58. The van der Waals surface area contributed by atoms with Crippen molar-refractivity contribution in [3.8, 4) is 0 Å². The predicted molar refractivity (Wildman–Crippen MR) is 57.1 cm³/mol. The van der Waals surface area contributed by atoms with E-state index in [1.165, 1.54) is 11.8 Å². The van der Waals surface area contributed by atoms with E-state index >= 15 is 0 Å². The van der Waals surface area contributed by atoms with Crippen molar-refractivity contribution >= 4 is 29.1 Å². The Morgan fingerprint density at radius 2 is 1.77 bits per heavy atom. The van der Waals surface area contributed by atoms with Gasteiger partial charge in [-0.3, -0.25) is 4.79 Å². The number of hydrogen-bond donors (Lipinski definition) is 0. The zero-order chi connectivity index (χ0) is 10.5. The summed E-state index contributed by atoms with van der Waals surface area (Å²) in [6.45, 7) is 9.34. The maximum atomic E-state index is 11.5. The van der Waals surface area contributed by atoms with Gasteiger partial charge >= 0.3 is 0 Å². The number of hydrogen-bond acceptors (Lipinski definition) is 1. The molecule has 0 aromatic rings. The summed E-state index contributed by atoms with van der Waals surface area (Å²) in [5, 5.41) is 0. The van der Waals surface area contributed by atoms with Gasteiger partial charge in [-0.25, -0.2) is 0 Å². The van der Waals surface area contributed by atoms with Crippen LogP contribution in [0.25, 0.3) is 0 Å². The average molecular weight is 222 g/mol. The van der Waals surface area contributed by atoms with E-state index in [4.69, 9.17) is 23.2 Å². The van der Waals surface area contributed by atoms with E-state index in [2.05, 4.69) is 13.2 Å². The fourth-order valence-electron chi connectivity index (χ4n) is 0.830. The summed E-state index contributed by atoms with van der Waals surface area (Å²) >= 11 is 11.3. The van der Waals surface area contributed by atoms with Crippen molar-refractivity contribution in [2.75, 3.05) is 13.1 Å². The Balaban J connectivity index is 4.44. The highest BCUT2D eigenvalue weighted by Crippen LogP contribution is 2.22. The lowest BCUT2D eigenvalue weighted by Crippen LogP contribution is -2.40. The first kappa shape index (κ1) is 12.5. The van der Waals surface area contributed by atoms with Crippen LogP contribution in [0.2, 0.25) is 0 Å². The summed E-state index contributed by atoms with van der Waals surface area (Å²) in [6.07, 6.45) is 3.22. The zero-order valence-corrected chi connectivity index (χ0v) is 9.11. The Hall–Kier alpha value is -0.470. The molecular weight excluding hydrogens is 209 g/mol. The van der Waals surface area contributed by atoms with E-state index in [1.807, 2.05) is 0 Å². The van der Waals surface area contributed by atoms with Crippen LogP contribution in [0.3, 0.4) is 0 Å². The van der Waals surface area contributed by atoms with E-state index in [1.54, 1.807) is 12.2 Å². The van der Waals surface area contributed by atoms with Gasteiger partial charge < -0.3 is 4.90 Å². The molecule has 0 spiro atoms. The molecule has 0 rings (SSSR count). The number of rotatable bonds is 5. The van der Waals surface area contributed by atoms with Gasteiger partial charge in [0.25, 0.3) is 5.91 Å². The topological polar surface area (TPSA) is 20.3 Å². The maximum Gasteiger partial charge on any atom is 0.259 e. The smallest absolute Gasteiger partial charge is 0.259 e. The van der Waals surface area contributed by atoms with Gasteiger partial charge in [0, 0.05) is 13.1 Å². The van der Waals surface area contributed by atoms with Gasteiger partial charge in [-0.2, -0.15) is 0 Å². The molecule has 74 valence electrons. The quantitative estimate of drug-likeness (QED) is 0.516. The Morgan fingerprint density at radius 3 is 2.00 bits per heavy atom. The van der Waals surface area contributed by atoms with Crippen LogP contribution in [-0.4, -0.2) is 28.2 Å². The molecule has 0 aromatic carbocycles. The summed E-state index contributed by atoms with van der Waals surface area (Å²) in [4.78, 5) is 13.0. The van der Waals surface area contributed by atoms with Crippen molar-refractivity contribution in [3.05, 3.63) is 25.3 Å². The summed E-state index contributed by atoms with van der Waals surface area (Å²) in [5.74, 6) is -0.337. The van der Waals surface area contributed by atoms with Crippen molar-refractivity contribution in [1.29, 1.82) is 0 Å². The van der Waals surface area contributed by atoms with E-state index in [9.17, 15) is 4.79 Å². The first-order chi connectivity index (χ1) is 5.93. The molecule has 0 atom stereocenters. The molecule has 0 heterocycles. The SMILES string of the molecule is C=CCN(CC=C)C(=O)C(C)(Cl)Cl. The number of halogens is 2. The number of carbonyl (C=O) groups excluding carboxylic acids is 1. The molecule has 0 saturated heterocycles. The monoisotopic (exact) mass is 221 g/mol. The van der Waals surface area contributed by atoms with E-state index in [-0.39, 0.29) is 5.91 Å². The maximum absolute atomic E-state index is 11.5. The third-order valence-electron chi connectivity index (χ3n) is 1.36. The third-order valence-corrected chi connectivity index (χ3v) is 1.69. The van der Waals surface area contributed by atoms with Crippen LogP contribution < -0.4 is 0 Å². The number of alkyl halides is 2. The molecule has 0 aliphatic rings. The highest BCUT2D eigenvalue weighted by Gasteiger charge is 2.31. The van der Waals surface area contributed by atoms with Crippen LogP contribution in [0, 0.1) is 0 Å². The van der Waals surface area contributed by atoms with E-state index < -0.39 is 4.33 Å². The van der Waals surface area contributed by atoms with Crippen LogP contribution in [0.15, 0.2) is 25.3 Å². The molecule has 0 fully saturated rings. The largest absolute Gasteiger partial charge is 0.333 e. The molecule has 0 aliphatic heterocycles. The second-order valence-corrected chi connectivity index (χ2v) is 4.38. The van der Waals surface area contributed by atoms with Crippen molar-refractivity contribution in [2.45, 2.75) is 11.3 Å². The number of amides is 1. The Morgan fingerprint density at radius 1 is 1.38 bits per heavy atom. The predicted octanol–water partition coefficient (Wildman–Crippen LogP) is 2.38. The van der Waals surface area contributed by atoms with Crippen LogP contribution in [0.1, 0.15) is 6.92 Å². The van der Waals surface area contributed by atoms with Gasteiger partial charge in [0.15, 0.2) is 4.33 Å².